The van der Waals surface area contributed by atoms with Crippen LogP contribution in [-0.2, 0) is 13.1 Å². The Morgan fingerprint density at radius 3 is 2.50 bits per heavy atom. The SMILES string of the molecule is CCN1CCN(Cc2c(CN)oc3ccccc23)CC1. The Hall–Kier alpha value is -1.36. The van der Waals surface area contributed by atoms with Gasteiger partial charge in [-0.25, -0.2) is 0 Å². The third-order valence-corrected chi connectivity index (χ3v) is 4.26. The maximum atomic E-state index is 5.87. The molecule has 2 heterocycles. The van der Waals surface area contributed by atoms with Gasteiger partial charge in [-0.3, -0.25) is 4.90 Å². The van der Waals surface area contributed by atoms with Crippen molar-refractivity contribution in [2.75, 3.05) is 32.7 Å². The van der Waals surface area contributed by atoms with Crippen LogP contribution in [-0.4, -0.2) is 42.5 Å². The summed E-state index contributed by atoms with van der Waals surface area (Å²) in [6, 6.07) is 8.23. The maximum absolute atomic E-state index is 5.87. The first-order chi connectivity index (χ1) is 9.81. The molecule has 1 aromatic heterocycles. The number of furan rings is 1. The summed E-state index contributed by atoms with van der Waals surface area (Å²) in [6.45, 7) is 9.35. The van der Waals surface area contributed by atoms with E-state index in [4.69, 9.17) is 10.2 Å². The van der Waals surface area contributed by atoms with E-state index < -0.39 is 0 Å². The van der Waals surface area contributed by atoms with Crippen LogP contribution in [0.2, 0.25) is 0 Å². The predicted molar refractivity (Wildman–Crippen MR) is 81.5 cm³/mol. The molecule has 0 atom stereocenters. The standard InChI is InChI=1S/C16H23N3O/c1-2-18-7-9-19(10-8-18)12-14-13-5-3-4-6-15(13)20-16(14)11-17/h3-6H,2,7-12,17H2,1H3. The summed E-state index contributed by atoms with van der Waals surface area (Å²) in [4.78, 5) is 5.00. The molecule has 0 bridgehead atoms. The van der Waals surface area contributed by atoms with Gasteiger partial charge in [0.2, 0.25) is 0 Å². The fourth-order valence-corrected chi connectivity index (χ4v) is 2.97. The summed E-state index contributed by atoms with van der Waals surface area (Å²) in [6.07, 6.45) is 0. The van der Waals surface area contributed by atoms with E-state index >= 15 is 0 Å². The van der Waals surface area contributed by atoms with Crippen LogP contribution in [0.1, 0.15) is 18.2 Å². The Morgan fingerprint density at radius 1 is 1.10 bits per heavy atom. The fraction of sp³-hybridized carbons (Fsp3) is 0.500. The average molecular weight is 273 g/mol. The Bertz CT molecular complexity index is 570. The van der Waals surface area contributed by atoms with Crippen LogP contribution in [0.5, 0.6) is 0 Å². The highest BCUT2D eigenvalue weighted by atomic mass is 16.3. The normalized spacial score (nSPS) is 17.9. The number of nitrogens with two attached hydrogens (primary N) is 1. The van der Waals surface area contributed by atoms with Gasteiger partial charge in [0.25, 0.3) is 0 Å². The van der Waals surface area contributed by atoms with Gasteiger partial charge in [0, 0.05) is 43.7 Å². The van der Waals surface area contributed by atoms with Crippen molar-refractivity contribution in [2.24, 2.45) is 5.73 Å². The van der Waals surface area contributed by atoms with Crippen LogP contribution < -0.4 is 5.73 Å². The molecule has 3 rings (SSSR count). The van der Waals surface area contributed by atoms with Crippen molar-refractivity contribution < 1.29 is 4.42 Å². The highest BCUT2D eigenvalue weighted by Gasteiger charge is 2.19. The van der Waals surface area contributed by atoms with E-state index in [9.17, 15) is 0 Å². The van der Waals surface area contributed by atoms with Crippen molar-refractivity contribution in [3.8, 4) is 0 Å². The van der Waals surface area contributed by atoms with Gasteiger partial charge in [0.15, 0.2) is 0 Å². The minimum Gasteiger partial charge on any atom is -0.459 e. The number of para-hydroxylation sites is 1. The molecule has 1 aromatic carbocycles. The Balaban J connectivity index is 1.80. The minimum atomic E-state index is 0.471. The minimum absolute atomic E-state index is 0.471. The molecule has 0 spiro atoms. The molecule has 0 saturated carbocycles. The van der Waals surface area contributed by atoms with Crippen molar-refractivity contribution in [3.05, 3.63) is 35.6 Å². The van der Waals surface area contributed by atoms with Crippen molar-refractivity contribution in [3.63, 3.8) is 0 Å². The van der Waals surface area contributed by atoms with Gasteiger partial charge in [0.1, 0.15) is 11.3 Å². The van der Waals surface area contributed by atoms with Crippen LogP contribution in [0.25, 0.3) is 11.0 Å². The maximum Gasteiger partial charge on any atom is 0.134 e. The molecule has 4 nitrogen and oxygen atoms in total. The summed E-state index contributed by atoms with van der Waals surface area (Å²) in [5, 5.41) is 1.21. The third-order valence-electron chi connectivity index (χ3n) is 4.26. The number of hydrogen-bond acceptors (Lipinski definition) is 4. The third kappa shape index (κ3) is 2.59. The van der Waals surface area contributed by atoms with E-state index in [0.29, 0.717) is 6.54 Å². The van der Waals surface area contributed by atoms with E-state index in [1.54, 1.807) is 0 Å². The number of fused-ring (bicyclic) bond motifs is 1. The van der Waals surface area contributed by atoms with Gasteiger partial charge >= 0.3 is 0 Å². The van der Waals surface area contributed by atoms with Crippen molar-refractivity contribution in [1.82, 2.24) is 9.80 Å². The molecule has 1 aliphatic rings. The van der Waals surface area contributed by atoms with Gasteiger partial charge in [-0.2, -0.15) is 0 Å². The molecule has 2 N–H and O–H groups in total. The smallest absolute Gasteiger partial charge is 0.134 e. The molecule has 0 unspecified atom stereocenters. The lowest BCUT2D eigenvalue weighted by molar-refractivity contribution is 0.131. The summed E-state index contributed by atoms with van der Waals surface area (Å²) < 4.78 is 5.87. The zero-order valence-electron chi connectivity index (χ0n) is 12.1. The van der Waals surface area contributed by atoms with E-state index in [-0.39, 0.29) is 0 Å². The zero-order valence-corrected chi connectivity index (χ0v) is 12.1. The summed E-state index contributed by atoms with van der Waals surface area (Å²) in [7, 11) is 0. The lowest BCUT2D eigenvalue weighted by Crippen LogP contribution is -2.45. The van der Waals surface area contributed by atoms with Crippen molar-refractivity contribution >= 4 is 11.0 Å². The number of piperazine rings is 1. The van der Waals surface area contributed by atoms with Crippen LogP contribution >= 0.6 is 0 Å². The van der Waals surface area contributed by atoms with Gasteiger partial charge in [-0.05, 0) is 12.6 Å². The second-order valence-electron chi connectivity index (χ2n) is 5.41. The van der Waals surface area contributed by atoms with Crippen LogP contribution in [0.4, 0.5) is 0 Å². The van der Waals surface area contributed by atoms with Crippen LogP contribution in [0.15, 0.2) is 28.7 Å². The zero-order chi connectivity index (χ0) is 13.9. The molecule has 1 fully saturated rings. The van der Waals surface area contributed by atoms with Crippen molar-refractivity contribution in [2.45, 2.75) is 20.0 Å². The first kappa shape index (κ1) is 13.6. The van der Waals surface area contributed by atoms with Crippen LogP contribution in [0.3, 0.4) is 0 Å². The quantitative estimate of drug-likeness (QED) is 0.926. The molecule has 1 aliphatic heterocycles. The Kier molecular flexibility index (Phi) is 4.05. The summed E-state index contributed by atoms with van der Waals surface area (Å²) >= 11 is 0. The van der Waals surface area contributed by atoms with Gasteiger partial charge in [-0.1, -0.05) is 25.1 Å². The average Bonchev–Trinajstić information content (AvgIpc) is 2.86. The molecule has 0 aliphatic carbocycles. The van der Waals surface area contributed by atoms with Gasteiger partial charge in [0.05, 0.1) is 6.54 Å². The molecule has 2 aromatic rings. The number of benzene rings is 1. The molecule has 108 valence electrons. The van der Waals surface area contributed by atoms with Crippen LogP contribution in [0, 0.1) is 0 Å². The fourth-order valence-electron chi connectivity index (χ4n) is 2.97. The number of hydrogen-bond donors (Lipinski definition) is 1. The highest BCUT2D eigenvalue weighted by Crippen LogP contribution is 2.27. The lowest BCUT2D eigenvalue weighted by Gasteiger charge is -2.34. The number of nitrogens with zero attached hydrogens (tertiary/aromatic N) is 2. The first-order valence-electron chi connectivity index (χ1n) is 7.46. The van der Waals surface area contributed by atoms with E-state index in [2.05, 4.69) is 28.9 Å². The molecule has 0 amide bonds. The van der Waals surface area contributed by atoms with Gasteiger partial charge in [-0.15, -0.1) is 0 Å². The molecule has 0 radical (unpaired) electrons. The summed E-state index contributed by atoms with van der Waals surface area (Å²) in [5.74, 6) is 0.934. The largest absolute Gasteiger partial charge is 0.459 e. The molecule has 1 saturated heterocycles. The van der Waals surface area contributed by atoms with E-state index in [0.717, 1.165) is 50.6 Å². The topological polar surface area (TPSA) is 45.6 Å². The van der Waals surface area contributed by atoms with E-state index in [1.165, 1.54) is 10.9 Å². The second-order valence-corrected chi connectivity index (χ2v) is 5.41. The first-order valence-corrected chi connectivity index (χ1v) is 7.46. The number of likely N-dealkylation sites (N-methyl/N-ethyl adjacent to an activating group) is 1. The van der Waals surface area contributed by atoms with Gasteiger partial charge < -0.3 is 15.1 Å². The lowest BCUT2D eigenvalue weighted by atomic mass is 10.1. The van der Waals surface area contributed by atoms with Crippen molar-refractivity contribution in [1.29, 1.82) is 0 Å². The molecular formula is C16H23N3O. The highest BCUT2D eigenvalue weighted by molar-refractivity contribution is 5.82. The number of rotatable bonds is 4. The summed E-state index contributed by atoms with van der Waals surface area (Å²) in [5.41, 5.74) is 8.07. The predicted octanol–water partition coefficient (Wildman–Crippen LogP) is 2.03. The molecular weight excluding hydrogens is 250 g/mol. The molecule has 4 heteroatoms. The monoisotopic (exact) mass is 273 g/mol. The Morgan fingerprint density at radius 2 is 1.80 bits per heavy atom. The molecule has 20 heavy (non-hydrogen) atoms. The second kappa shape index (κ2) is 5.95. The van der Waals surface area contributed by atoms with E-state index in [1.807, 2.05) is 12.1 Å². The Labute approximate surface area is 120 Å².